The van der Waals surface area contributed by atoms with Crippen LogP contribution in [0.15, 0.2) is 41.5 Å². The molecule has 32 heavy (non-hydrogen) atoms. The number of guanidine groups is 1. The molecule has 0 aliphatic carbocycles. The van der Waals surface area contributed by atoms with E-state index in [9.17, 15) is 0 Å². The Labute approximate surface area is 208 Å². The molecule has 1 aromatic carbocycles. The topological polar surface area (TPSA) is 81.9 Å². The lowest BCUT2D eigenvalue weighted by Gasteiger charge is -2.21. The van der Waals surface area contributed by atoms with E-state index in [2.05, 4.69) is 27.6 Å². The molecular weight excluding hydrogens is 521 g/mol. The molecule has 3 rings (SSSR count). The van der Waals surface area contributed by atoms with Crippen LogP contribution < -0.4 is 15.4 Å². The second-order valence-corrected chi connectivity index (χ2v) is 7.56. The van der Waals surface area contributed by atoms with Gasteiger partial charge in [-0.3, -0.25) is 0 Å². The summed E-state index contributed by atoms with van der Waals surface area (Å²) in [6.07, 6.45) is 5.12. The van der Waals surface area contributed by atoms with Crippen molar-refractivity contribution in [3.8, 4) is 11.4 Å². The van der Waals surface area contributed by atoms with Gasteiger partial charge in [0.2, 0.25) is 0 Å². The average molecular weight is 557 g/mol. The maximum absolute atomic E-state index is 5.83. The van der Waals surface area contributed by atoms with E-state index in [4.69, 9.17) is 14.2 Å². The minimum absolute atomic E-state index is 0. The minimum atomic E-state index is 0. The lowest BCUT2D eigenvalue weighted by Crippen LogP contribution is -2.38. The van der Waals surface area contributed by atoms with Gasteiger partial charge in [-0.15, -0.1) is 24.0 Å². The van der Waals surface area contributed by atoms with E-state index in [0.29, 0.717) is 12.5 Å². The molecule has 0 spiro atoms. The molecule has 0 atom stereocenters. The normalized spacial score (nSPS) is 14.6. The summed E-state index contributed by atoms with van der Waals surface area (Å²) >= 11 is 0. The Morgan fingerprint density at radius 1 is 1.19 bits per heavy atom. The van der Waals surface area contributed by atoms with Gasteiger partial charge in [0.1, 0.15) is 5.75 Å². The van der Waals surface area contributed by atoms with Crippen LogP contribution in [0.2, 0.25) is 0 Å². The third-order valence-corrected chi connectivity index (χ3v) is 5.18. The van der Waals surface area contributed by atoms with E-state index in [1.54, 1.807) is 7.11 Å². The van der Waals surface area contributed by atoms with Crippen molar-refractivity contribution in [2.45, 2.75) is 32.7 Å². The lowest BCUT2D eigenvalue weighted by molar-refractivity contribution is 0.0203. The standard InChI is InChI=1S/C23H35N5O3.HI/c1-3-24-23(25-12-4-14-31-18-19-10-15-30-16-11-19)26-17-20-9-13-28(27-20)21-5-7-22(29-2)8-6-21;/h5-9,13,19H,3-4,10-12,14-18H2,1-2H3,(H2,24,25,26);1H. The summed E-state index contributed by atoms with van der Waals surface area (Å²) in [6, 6.07) is 9.80. The van der Waals surface area contributed by atoms with Crippen LogP contribution in [0.5, 0.6) is 5.75 Å². The summed E-state index contributed by atoms with van der Waals surface area (Å²) in [5.74, 6) is 2.28. The van der Waals surface area contributed by atoms with Gasteiger partial charge in [0.25, 0.3) is 0 Å². The number of rotatable bonds is 11. The van der Waals surface area contributed by atoms with E-state index in [1.165, 1.54) is 0 Å². The van der Waals surface area contributed by atoms with Crippen LogP contribution in [0.25, 0.3) is 5.69 Å². The van der Waals surface area contributed by atoms with Crippen molar-refractivity contribution in [1.82, 2.24) is 20.4 Å². The zero-order valence-corrected chi connectivity index (χ0v) is 21.4. The van der Waals surface area contributed by atoms with Crippen molar-refractivity contribution in [1.29, 1.82) is 0 Å². The van der Waals surface area contributed by atoms with E-state index in [0.717, 1.165) is 81.9 Å². The highest BCUT2D eigenvalue weighted by atomic mass is 127. The molecule has 1 aliphatic rings. The Hall–Kier alpha value is -1.85. The third kappa shape index (κ3) is 8.95. The van der Waals surface area contributed by atoms with Gasteiger partial charge < -0.3 is 24.8 Å². The number of hydrogen-bond acceptors (Lipinski definition) is 5. The lowest BCUT2D eigenvalue weighted by atomic mass is 10.0. The third-order valence-electron chi connectivity index (χ3n) is 5.18. The summed E-state index contributed by atoms with van der Waals surface area (Å²) in [5.41, 5.74) is 1.90. The maximum Gasteiger partial charge on any atom is 0.191 e. The molecule has 1 aromatic heterocycles. The number of nitrogens with one attached hydrogen (secondary N) is 2. The summed E-state index contributed by atoms with van der Waals surface area (Å²) < 4.78 is 18.3. The first-order chi connectivity index (χ1) is 15.3. The van der Waals surface area contributed by atoms with Crippen molar-refractivity contribution in [2.75, 3.05) is 46.6 Å². The Morgan fingerprint density at radius 3 is 2.69 bits per heavy atom. The van der Waals surface area contributed by atoms with Gasteiger partial charge in [0.05, 0.1) is 25.0 Å². The van der Waals surface area contributed by atoms with E-state index >= 15 is 0 Å². The summed E-state index contributed by atoms with van der Waals surface area (Å²) in [6.45, 7) is 7.55. The fourth-order valence-electron chi connectivity index (χ4n) is 3.37. The van der Waals surface area contributed by atoms with Crippen LogP contribution in [0.4, 0.5) is 0 Å². The minimum Gasteiger partial charge on any atom is -0.497 e. The van der Waals surface area contributed by atoms with Gasteiger partial charge in [-0.25, -0.2) is 9.67 Å². The predicted molar refractivity (Wildman–Crippen MR) is 137 cm³/mol. The van der Waals surface area contributed by atoms with Gasteiger partial charge in [-0.1, -0.05) is 0 Å². The van der Waals surface area contributed by atoms with Crippen LogP contribution in [-0.2, 0) is 16.0 Å². The second kappa shape index (κ2) is 15.1. The first-order valence-electron chi connectivity index (χ1n) is 11.1. The SMILES string of the molecule is CCNC(=NCc1ccn(-c2ccc(OC)cc2)n1)NCCCOCC1CCOCC1.I. The summed E-state index contributed by atoms with van der Waals surface area (Å²) in [5, 5.41) is 11.3. The fourth-order valence-corrected chi connectivity index (χ4v) is 3.37. The molecule has 2 aromatic rings. The molecule has 0 unspecified atom stereocenters. The van der Waals surface area contributed by atoms with Gasteiger partial charge in [0, 0.05) is 45.7 Å². The average Bonchev–Trinajstić information content (AvgIpc) is 3.29. The number of benzene rings is 1. The number of aromatic nitrogens is 2. The maximum atomic E-state index is 5.83. The predicted octanol–water partition coefficient (Wildman–Crippen LogP) is 3.39. The molecule has 1 saturated heterocycles. The van der Waals surface area contributed by atoms with Gasteiger partial charge in [-0.05, 0) is 62.4 Å². The molecule has 2 heterocycles. The molecule has 9 heteroatoms. The molecule has 1 fully saturated rings. The Balaban J connectivity index is 0.00000363. The van der Waals surface area contributed by atoms with Crippen LogP contribution >= 0.6 is 24.0 Å². The Morgan fingerprint density at radius 2 is 1.97 bits per heavy atom. The number of methoxy groups -OCH3 is 1. The van der Waals surface area contributed by atoms with Crippen LogP contribution in [0, 0.1) is 5.92 Å². The van der Waals surface area contributed by atoms with Crippen LogP contribution in [0.1, 0.15) is 31.9 Å². The Bertz CT molecular complexity index is 791. The first-order valence-corrected chi connectivity index (χ1v) is 11.1. The van der Waals surface area contributed by atoms with Crippen molar-refractivity contribution in [3.05, 3.63) is 42.2 Å². The number of aliphatic imine (C=N–C) groups is 1. The van der Waals surface area contributed by atoms with Crippen molar-refractivity contribution in [3.63, 3.8) is 0 Å². The molecule has 1 aliphatic heterocycles. The number of nitrogens with zero attached hydrogens (tertiary/aromatic N) is 3. The van der Waals surface area contributed by atoms with Gasteiger partial charge in [-0.2, -0.15) is 5.10 Å². The van der Waals surface area contributed by atoms with Crippen LogP contribution in [0.3, 0.4) is 0 Å². The van der Waals surface area contributed by atoms with Crippen LogP contribution in [-0.4, -0.2) is 62.4 Å². The molecule has 0 bridgehead atoms. The molecule has 8 nitrogen and oxygen atoms in total. The van der Waals surface area contributed by atoms with E-state index in [1.807, 2.05) is 41.2 Å². The molecular formula is C23H36IN5O3. The molecule has 0 saturated carbocycles. The summed E-state index contributed by atoms with van der Waals surface area (Å²) in [4.78, 5) is 4.65. The molecule has 0 radical (unpaired) electrons. The highest BCUT2D eigenvalue weighted by molar-refractivity contribution is 14.0. The highest BCUT2D eigenvalue weighted by Gasteiger charge is 2.13. The largest absolute Gasteiger partial charge is 0.497 e. The quantitative estimate of drug-likeness (QED) is 0.191. The second-order valence-electron chi connectivity index (χ2n) is 7.56. The number of halogens is 1. The first kappa shape index (κ1) is 26.4. The van der Waals surface area contributed by atoms with Crippen molar-refractivity contribution in [2.24, 2.45) is 10.9 Å². The van der Waals surface area contributed by atoms with Crippen molar-refractivity contribution < 1.29 is 14.2 Å². The number of ether oxygens (including phenoxy) is 3. The zero-order valence-electron chi connectivity index (χ0n) is 19.1. The Kier molecular flexibility index (Phi) is 12.4. The molecule has 0 amide bonds. The van der Waals surface area contributed by atoms with Gasteiger partial charge >= 0.3 is 0 Å². The highest BCUT2D eigenvalue weighted by Crippen LogP contribution is 2.15. The van der Waals surface area contributed by atoms with Gasteiger partial charge in [0.15, 0.2) is 5.96 Å². The molecule has 2 N–H and O–H groups in total. The molecule has 178 valence electrons. The van der Waals surface area contributed by atoms with E-state index in [-0.39, 0.29) is 24.0 Å². The van der Waals surface area contributed by atoms with E-state index < -0.39 is 0 Å². The zero-order chi connectivity index (χ0) is 21.7. The monoisotopic (exact) mass is 557 g/mol. The fraction of sp³-hybridized carbons (Fsp3) is 0.565. The number of hydrogen-bond donors (Lipinski definition) is 2. The summed E-state index contributed by atoms with van der Waals surface area (Å²) in [7, 11) is 1.66. The van der Waals surface area contributed by atoms with Crippen molar-refractivity contribution >= 4 is 29.9 Å². The smallest absolute Gasteiger partial charge is 0.191 e.